The summed E-state index contributed by atoms with van der Waals surface area (Å²) < 4.78 is 58.9. The van der Waals surface area contributed by atoms with Crippen molar-refractivity contribution < 1.29 is 66.6 Å². The second-order valence-electron chi connectivity index (χ2n) is 11.6. The van der Waals surface area contributed by atoms with Gasteiger partial charge in [-0.2, -0.15) is 4.98 Å². The number of aliphatic hydroxyl groups excluding tert-OH is 2. The van der Waals surface area contributed by atoms with Crippen molar-refractivity contribution in [2.45, 2.75) is 74.8 Å². The van der Waals surface area contributed by atoms with Crippen molar-refractivity contribution in [1.29, 1.82) is 0 Å². The minimum atomic E-state index is -5.18. The van der Waals surface area contributed by atoms with Crippen LogP contribution in [0.25, 0.3) is 21.6 Å². The lowest BCUT2D eigenvalue weighted by molar-refractivity contribution is -0.166. The summed E-state index contributed by atoms with van der Waals surface area (Å²) in [4.78, 5) is 72.7. The molecule has 0 aliphatic carbocycles. The highest BCUT2D eigenvalue weighted by molar-refractivity contribution is 7.47. The second-order valence-corrected chi connectivity index (χ2v) is 14.3. The molecule has 5 heterocycles. The fraction of sp³-hybridized carbons (Fsp3) is 0.600. The molecule has 0 aromatic carbocycles. The summed E-state index contributed by atoms with van der Waals surface area (Å²) in [5, 5.41) is 25.1. The first-order chi connectivity index (χ1) is 25.1. The quantitative estimate of drug-likeness (QED) is 0.0219. The molecule has 0 saturated carbocycles. The monoisotopic (exact) mass is 791 g/mol. The van der Waals surface area contributed by atoms with Gasteiger partial charge in [-0.15, -0.1) is 0 Å². The lowest BCUT2D eigenvalue weighted by atomic mass is 10.1. The van der Waals surface area contributed by atoms with E-state index in [1.165, 1.54) is 23.2 Å². The lowest BCUT2D eigenvalue weighted by Gasteiger charge is -2.24. The van der Waals surface area contributed by atoms with E-state index in [9.17, 15) is 43.6 Å². The zero-order valence-corrected chi connectivity index (χ0v) is 29.1. The van der Waals surface area contributed by atoms with Crippen LogP contribution in [0.5, 0.6) is 0 Å². The van der Waals surface area contributed by atoms with Crippen LogP contribution < -0.4 is 17.2 Å². The Hall–Kier alpha value is -4.13. The highest BCUT2D eigenvalue weighted by atomic mass is 31.2. The third kappa shape index (κ3) is 10.1. The Morgan fingerprint density at radius 1 is 1.11 bits per heavy atom. The lowest BCUT2D eigenvalue weighted by Crippen LogP contribution is -2.41. The van der Waals surface area contributed by atoms with Gasteiger partial charge in [0.2, 0.25) is 0 Å². The summed E-state index contributed by atoms with van der Waals surface area (Å²) in [5.74, 6) is -1.27. The first kappa shape index (κ1) is 40.1. The second kappa shape index (κ2) is 16.9. The molecular formula is C25H35N11O15P2. The molecule has 0 spiro atoms. The number of phosphoric acid groups is 2. The number of unbranched alkanes of at least 4 members (excludes halogenated alkanes) is 1. The van der Waals surface area contributed by atoms with E-state index in [1.807, 2.05) is 0 Å². The Labute approximate surface area is 297 Å². The molecule has 28 heteroatoms. The number of phosphoric ester groups is 2. The number of carbonyl (C=O) groups is 1. The number of anilines is 2. The van der Waals surface area contributed by atoms with E-state index < -0.39 is 89.6 Å². The Balaban J connectivity index is 1.32. The molecule has 0 amide bonds. The minimum Gasteiger partial charge on any atom is -0.455 e. The molecule has 26 nitrogen and oxygen atoms in total. The van der Waals surface area contributed by atoms with E-state index in [-0.39, 0.29) is 48.6 Å². The Morgan fingerprint density at radius 3 is 2.58 bits per heavy atom. The fourth-order valence-corrected chi connectivity index (χ4v) is 6.80. The normalized spacial score (nSPS) is 26.2. The van der Waals surface area contributed by atoms with Crippen molar-refractivity contribution in [3.05, 3.63) is 45.8 Å². The van der Waals surface area contributed by atoms with E-state index in [0.717, 1.165) is 10.9 Å². The van der Waals surface area contributed by atoms with Crippen LogP contribution in [0.4, 0.5) is 11.6 Å². The van der Waals surface area contributed by atoms with Crippen molar-refractivity contribution in [1.82, 2.24) is 29.1 Å². The predicted molar refractivity (Wildman–Crippen MR) is 173 cm³/mol. The van der Waals surface area contributed by atoms with Gasteiger partial charge >= 0.3 is 27.3 Å². The molecule has 53 heavy (non-hydrogen) atoms. The summed E-state index contributed by atoms with van der Waals surface area (Å²) in [5.41, 5.74) is 19.2. The topological polar surface area (TPSA) is 387 Å². The number of aromatic nitrogens is 6. The van der Waals surface area contributed by atoms with Gasteiger partial charge in [-0.05, 0) is 24.4 Å². The number of ether oxygens (including phenoxy) is 3. The molecule has 2 aliphatic heterocycles. The summed E-state index contributed by atoms with van der Waals surface area (Å²) in [7, 11) is -10.2. The maximum absolute atomic E-state index is 13.3. The number of imidazole rings is 1. The fourth-order valence-electron chi connectivity index (χ4n) is 5.50. The van der Waals surface area contributed by atoms with Crippen LogP contribution in [0.1, 0.15) is 38.1 Å². The SMILES string of the molecule is [N-]=[N+]=NCCCC[C@H](O)C(=O)O[C@H]1[C@@H](O)[C@H](n2cnc3c(N)ncnc32)O[C@@H]1COP(=O)(O)O[C@H]1C[C@H](n2ccc(N)nc2=O)O[C@@H]1COP(=O)(O)O. The third-order valence-corrected chi connectivity index (χ3v) is 9.46. The number of aliphatic hydroxyl groups is 2. The van der Waals surface area contributed by atoms with Gasteiger partial charge in [0.05, 0.1) is 19.5 Å². The Morgan fingerprint density at radius 2 is 1.87 bits per heavy atom. The predicted octanol–water partition coefficient (Wildman–Crippen LogP) is -0.842. The number of esters is 1. The van der Waals surface area contributed by atoms with Crippen molar-refractivity contribution in [3.8, 4) is 0 Å². The number of fused-ring (bicyclic) bond motifs is 1. The summed E-state index contributed by atoms with van der Waals surface area (Å²) >= 11 is 0. The van der Waals surface area contributed by atoms with Crippen LogP contribution in [-0.4, -0.2) is 116 Å². The standard InChI is InChI=1S/C25H35N11O15P2/c26-16-4-6-35(25(40)33-16)17-7-13(14(48-17)8-46-52(41,42)43)51-53(44,45)47-9-15-20(50-24(39)12(37)3-1-2-5-32-34-28)19(38)23(49-15)36-11-31-18-21(27)29-10-30-22(18)36/h4,6,10-15,17,19-20,23,37-38H,1-3,5,7-9H2,(H,44,45)(H2,26,33,40)(H2,27,29,30)(H2,41,42,43)/t12-,13-,14+,15+,17+,19+,20+,23+/m0/s1. The van der Waals surface area contributed by atoms with Crippen LogP contribution in [0, 0.1) is 0 Å². The van der Waals surface area contributed by atoms with E-state index in [2.05, 4.69) is 34.5 Å². The Bertz CT molecular complexity index is 1970. The zero-order chi connectivity index (χ0) is 38.5. The molecule has 2 saturated heterocycles. The van der Waals surface area contributed by atoms with Crippen LogP contribution in [-0.2, 0) is 41.7 Å². The number of nitrogens with zero attached hydrogens (tertiary/aromatic N) is 9. The van der Waals surface area contributed by atoms with Gasteiger partial charge < -0.3 is 50.6 Å². The third-order valence-electron chi connectivity index (χ3n) is 7.96. The van der Waals surface area contributed by atoms with Crippen molar-refractivity contribution in [2.75, 3.05) is 31.2 Å². The molecule has 0 radical (unpaired) electrons. The van der Waals surface area contributed by atoms with Gasteiger partial charge in [-0.3, -0.25) is 22.7 Å². The van der Waals surface area contributed by atoms with Gasteiger partial charge in [0.25, 0.3) is 0 Å². The highest BCUT2D eigenvalue weighted by Gasteiger charge is 2.50. The van der Waals surface area contributed by atoms with Crippen molar-refractivity contribution in [3.63, 3.8) is 0 Å². The van der Waals surface area contributed by atoms with Crippen LogP contribution in [0.3, 0.4) is 0 Å². The van der Waals surface area contributed by atoms with Gasteiger partial charge in [0, 0.05) is 24.1 Å². The summed E-state index contributed by atoms with van der Waals surface area (Å²) in [6, 6.07) is 1.27. The molecular weight excluding hydrogens is 756 g/mol. The molecule has 1 unspecified atom stereocenters. The maximum atomic E-state index is 13.3. The molecule has 2 aliphatic rings. The van der Waals surface area contributed by atoms with Crippen LogP contribution in [0.15, 0.2) is 34.8 Å². The van der Waals surface area contributed by atoms with Crippen molar-refractivity contribution in [2.24, 2.45) is 5.11 Å². The number of hydrogen-bond donors (Lipinski definition) is 7. The van der Waals surface area contributed by atoms with E-state index in [1.54, 1.807) is 0 Å². The van der Waals surface area contributed by atoms with Gasteiger partial charge in [0.15, 0.2) is 29.9 Å². The molecule has 290 valence electrons. The van der Waals surface area contributed by atoms with Gasteiger partial charge in [-0.1, -0.05) is 11.5 Å². The number of carbonyl (C=O) groups excluding carboxylic acids is 1. The number of hydrogen-bond acceptors (Lipinski definition) is 19. The molecule has 0 bridgehead atoms. The largest absolute Gasteiger partial charge is 0.472 e. The smallest absolute Gasteiger partial charge is 0.455 e. The highest BCUT2D eigenvalue weighted by Crippen LogP contribution is 2.50. The molecule has 5 rings (SSSR count). The average Bonchev–Trinajstić information content (AvgIpc) is 3.78. The molecule has 3 aromatic heterocycles. The number of azide groups is 1. The Kier molecular flexibility index (Phi) is 12.8. The number of rotatable bonds is 17. The number of nitrogens with two attached hydrogens (primary N) is 2. The van der Waals surface area contributed by atoms with Gasteiger partial charge in [-0.25, -0.2) is 33.7 Å². The van der Waals surface area contributed by atoms with Crippen LogP contribution >= 0.6 is 15.6 Å². The van der Waals surface area contributed by atoms with Gasteiger partial charge in [0.1, 0.15) is 48.3 Å². The van der Waals surface area contributed by atoms with E-state index >= 15 is 0 Å². The first-order valence-electron chi connectivity index (χ1n) is 15.6. The molecule has 9 N–H and O–H groups in total. The summed E-state index contributed by atoms with van der Waals surface area (Å²) in [6.07, 6.45) is -8.26. The number of nitrogen functional groups attached to an aromatic ring is 2. The first-order valence-corrected chi connectivity index (χ1v) is 18.6. The zero-order valence-electron chi connectivity index (χ0n) is 27.3. The van der Waals surface area contributed by atoms with Crippen LogP contribution in [0.2, 0.25) is 0 Å². The maximum Gasteiger partial charge on any atom is 0.472 e. The average molecular weight is 792 g/mol. The molecule has 9 atom stereocenters. The molecule has 2 fully saturated rings. The molecule has 3 aromatic rings. The van der Waals surface area contributed by atoms with E-state index in [4.69, 9.17) is 40.3 Å². The summed E-state index contributed by atoms with van der Waals surface area (Å²) in [6.45, 7) is -1.60. The minimum absolute atomic E-state index is 0.00575. The van der Waals surface area contributed by atoms with E-state index in [0.29, 0.717) is 6.42 Å². The van der Waals surface area contributed by atoms with Crippen molar-refractivity contribution >= 4 is 44.4 Å².